The Bertz CT molecular complexity index is 2750. The minimum Gasteiger partial charge on any atom is -0.476 e. The van der Waals surface area contributed by atoms with E-state index in [1.54, 1.807) is 40.3 Å². The Hall–Kier alpha value is -5.26. The molecular formula is C49H57Cl2FN8O6S. The lowest BCUT2D eigenvalue weighted by Crippen LogP contribution is -2.47. The van der Waals surface area contributed by atoms with E-state index in [0.29, 0.717) is 24.5 Å². The lowest BCUT2D eigenvalue weighted by molar-refractivity contribution is -0.134. The number of hydrogen-bond donors (Lipinski definition) is 2. The van der Waals surface area contributed by atoms with Crippen LogP contribution in [0.15, 0.2) is 89.7 Å². The Kier molecular flexibility index (Phi) is 14.5. The summed E-state index contributed by atoms with van der Waals surface area (Å²) >= 11 is 12.7. The second-order valence-corrected chi connectivity index (χ2v) is 21.3. The number of likely N-dealkylation sites (tertiary alicyclic amines) is 1. The molecule has 0 saturated carbocycles. The fourth-order valence-electron chi connectivity index (χ4n) is 8.99. The van der Waals surface area contributed by atoms with Crippen molar-refractivity contribution in [1.29, 1.82) is 0 Å². The second-order valence-electron chi connectivity index (χ2n) is 18.8. The van der Waals surface area contributed by atoms with E-state index in [0.717, 1.165) is 80.3 Å². The van der Waals surface area contributed by atoms with Crippen LogP contribution in [0, 0.1) is 5.41 Å². The van der Waals surface area contributed by atoms with Crippen molar-refractivity contribution in [2.75, 3.05) is 78.0 Å². The fourth-order valence-corrected chi connectivity index (χ4v) is 10.3. The summed E-state index contributed by atoms with van der Waals surface area (Å²) < 4.78 is 57.1. The number of amides is 2. The van der Waals surface area contributed by atoms with E-state index in [-0.39, 0.29) is 70.8 Å². The van der Waals surface area contributed by atoms with Crippen molar-refractivity contribution in [3.63, 3.8) is 0 Å². The SMILES string of the molecule is CN(C)CC(=O)N1CCC(F)(CCOc2ncc(S(=O)(=O)NC(=O)c3ccc(N4CCN(CC5=C(c6ccc(Cl)cc6)CC(C)(C)CC5)CC4)cc3Oc3cnc4[nH]ccc4c3)cc2Cl)CC1. The number of H-pyrrole nitrogens is 1. The number of pyridine rings is 2. The molecule has 2 amide bonds. The monoisotopic (exact) mass is 974 g/mol. The number of piperazine rings is 1. The van der Waals surface area contributed by atoms with Gasteiger partial charge in [-0.3, -0.25) is 14.5 Å². The predicted molar refractivity (Wildman–Crippen MR) is 259 cm³/mol. The Morgan fingerprint density at radius 1 is 0.925 bits per heavy atom. The molecule has 2 saturated heterocycles. The lowest BCUT2D eigenvalue weighted by Gasteiger charge is -2.39. The molecule has 3 aliphatic rings. The Morgan fingerprint density at radius 2 is 1.67 bits per heavy atom. The molecule has 5 heterocycles. The van der Waals surface area contributed by atoms with E-state index >= 15 is 4.39 Å². The average Bonchev–Trinajstić information content (AvgIpc) is 3.76. The number of piperidine rings is 1. The average molecular weight is 976 g/mol. The van der Waals surface area contributed by atoms with Crippen molar-refractivity contribution < 1.29 is 31.9 Å². The Balaban J connectivity index is 0.933. The van der Waals surface area contributed by atoms with Gasteiger partial charge in [-0.2, -0.15) is 0 Å². The maximum Gasteiger partial charge on any atom is 0.268 e. The van der Waals surface area contributed by atoms with Crippen LogP contribution in [0.3, 0.4) is 0 Å². The molecule has 18 heteroatoms. The summed E-state index contributed by atoms with van der Waals surface area (Å²) in [4.78, 5) is 45.7. The van der Waals surface area contributed by atoms with E-state index in [4.69, 9.17) is 32.7 Å². The summed E-state index contributed by atoms with van der Waals surface area (Å²) in [5, 5.41) is 1.39. The van der Waals surface area contributed by atoms with Crippen molar-refractivity contribution in [2.45, 2.75) is 62.9 Å². The first kappa shape index (κ1) is 48.2. The van der Waals surface area contributed by atoms with Crippen molar-refractivity contribution in [3.05, 3.63) is 106 Å². The van der Waals surface area contributed by atoms with Crippen LogP contribution in [0.4, 0.5) is 10.1 Å². The third-order valence-corrected chi connectivity index (χ3v) is 14.7. The quantitative estimate of drug-likeness (QED) is 0.104. The summed E-state index contributed by atoms with van der Waals surface area (Å²) in [5.74, 6) is -0.548. The molecule has 2 aromatic carbocycles. The first-order valence-corrected chi connectivity index (χ1v) is 24.8. The van der Waals surface area contributed by atoms with E-state index < -0.39 is 21.6 Å². The number of allylic oxidation sites excluding steroid dienone is 1. The van der Waals surface area contributed by atoms with E-state index in [1.807, 2.05) is 32.3 Å². The fraction of sp³-hybridized carbons (Fsp3) is 0.429. The molecule has 67 heavy (non-hydrogen) atoms. The summed E-state index contributed by atoms with van der Waals surface area (Å²) in [6, 6.07) is 18.0. The maximum absolute atomic E-state index is 15.6. The largest absolute Gasteiger partial charge is 0.476 e. The van der Waals surface area contributed by atoms with Crippen LogP contribution in [0.1, 0.15) is 68.3 Å². The number of carbonyl (C=O) groups is 2. The zero-order valence-electron chi connectivity index (χ0n) is 38.3. The minimum absolute atomic E-state index is 0.0194. The van der Waals surface area contributed by atoms with Gasteiger partial charge in [-0.15, -0.1) is 0 Å². The summed E-state index contributed by atoms with van der Waals surface area (Å²) in [7, 11) is -0.880. The topological polar surface area (TPSA) is 153 Å². The van der Waals surface area contributed by atoms with Crippen LogP contribution in [0.5, 0.6) is 17.4 Å². The van der Waals surface area contributed by atoms with Crippen LogP contribution in [0.2, 0.25) is 10.0 Å². The standard InChI is InChI=1S/C49H57Cl2FN8O6S/c1-48(2)13-11-35(41(28-48)33-5-7-36(50)8-6-33)31-58-20-22-59(23-21-58)37-9-10-40(43(26-37)66-38-25-34-12-17-53-45(34)54-29-38)46(62)56-67(63,64)39-27-42(51)47(55-30-39)65-24-16-49(52)14-18-60(19-15-49)44(61)32-57(3)4/h5-10,12,17,25-27,29-30H,11,13-16,18-24,28,31-32H2,1-4H3,(H,53,54)(H,56,62). The molecule has 2 aliphatic heterocycles. The number of ether oxygens (including phenoxy) is 2. The van der Waals surface area contributed by atoms with Gasteiger partial charge < -0.3 is 29.2 Å². The molecule has 0 bridgehead atoms. The Labute approximate surface area is 401 Å². The summed E-state index contributed by atoms with van der Waals surface area (Å²) in [5.41, 5.74) is 4.25. The number of nitrogens with zero attached hydrogens (tertiary/aromatic N) is 6. The molecule has 14 nitrogen and oxygen atoms in total. The molecule has 0 radical (unpaired) electrons. The van der Waals surface area contributed by atoms with Gasteiger partial charge in [-0.1, -0.05) is 54.8 Å². The number of hydrogen-bond acceptors (Lipinski definition) is 11. The van der Waals surface area contributed by atoms with Crippen molar-refractivity contribution in [2.24, 2.45) is 5.41 Å². The van der Waals surface area contributed by atoms with Gasteiger partial charge in [0, 0.05) is 80.6 Å². The molecule has 2 N–H and O–H groups in total. The third kappa shape index (κ3) is 11.9. The van der Waals surface area contributed by atoms with Gasteiger partial charge in [0.15, 0.2) is 0 Å². The molecule has 0 atom stereocenters. The number of fused-ring (bicyclic) bond motifs is 1. The number of rotatable bonds is 15. The molecule has 0 unspecified atom stereocenters. The number of nitrogens with one attached hydrogen (secondary N) is 2. The molecule has 0 spiro atoms. The van der Waals surface area contributed by atoms with Crippen LogP contribution >= 0.6 is 23.2 Å². The zero-order valence-corrected chi connectivity index (χ0v) is 40.6. The van der Waals surface area contributed by atoms with Crippen LogP contribution in [0.25, 0.3) is 16.6 Å². The van der Waals surface area contributed by atoms with E-state index in [9.17, 15) is 18.0 Å². The Morgan fingerprint density at radius 3 is 2.39 bits per heavy atom. The van der Waals surface area contributed by atoms with Crippen molar-refractivity contribution >= 4 is 67.3 Å². The lowest BCUT2D eigenvalue weighted by atomic mass is 9.72. The number of alkyl halides is 1. The number of sulfonamides is 1. The molecule has 1 aliphatic carbocycles. The van der Waals surface area contributed by atoms with Crippen LogP contribution < -0.4 is 19.1 Å². The first-order chi connectivity index (χ1) is 31.9. The number of aromatic amines is 1. The van der Waals surface area contributed by atoms with Crippen LogP contribution in [-0.4, -0.2) is 129 Å². The number of anilines is 1. The van der Waals surface area contributed by atoms with Gasteiger partial charge >= 0.3 is 0 Å². The minimum atomic E-state index is -4.50. The number of likely N-dealkylation sites (N-methyl/N-ethyl adjacent to an activating group) is 1. The molecular weight excluding hydrogens is 919 g/mol. The molecule has 2 fully saturated rings. The number of carbonyl (C=O) groups excluding carboxylic acids is 2. The highest BCUT2D eigenvalue weighted by Crippen LogP contribution is 2.43. The highest BCUT2D eigenvalue weighted by atomic mass is 35.5. The molecule has 3 aromatic heterocycles. The van der Waals surface area contributed by atoms with Gasteiger partial charge in [-0.05, 0) is 105 Å². The number of halogens is 3. The van der Waals surface area contributed by atoms with Crippen LogP contribution in [-0.2, 0) is 14.8 Å². The zero-order chi connectivity index (χ0) is 47.5. The van der Waals surface area contributed by atoms with Crippen molar-refractivity contribution in [3.8, 4) is 17.4 Å². The molecule has 356 valence electrons. The molecule has 5 aromatic rings. The third-order valence-electron chi connectivity index (χ3n) is 12.9. The second kappa shape index (κ2) is 20.1. The van der Waals surface area contributed by atoms with Gasteiger partial charge in [-0.25, -0.2) is 27.5 Å². The van der Waals surface area contributed by atoms with Gasteiger partial charge in [0.05, 0.1) is 31.1 Å². The van der Waals surface area contributed by atoms with E-state index in [2.05, 4.69) is 55.5 Å². The number of aromatic nitrogens is 3. The maximum atomic E-state index is 15.6. The number of benzene rings is 2. The van der Waals surface area contributed by atoms with Gasteiger partial charge in [0.25, 0.3) is 15.9 Å². The molecule has 8 rings (SSSR count). The highest BCUT2D eigenvalue weighted by Gasteiger charge is 2.36. The van der Waals surface area contributed by atoms with Gasteiger partial charge in [0.1, 0.15) is 32.7 Å². The first-order valence-electron chi connectivity index (χ1n) is 22.6. The highest BCUT2D eigenvalue weighted by molar-refractivity contribution is 7.90. The normalized spacial score (nSPS) is 17.8. The van der Waals surface area contributed by atoms with Crippen molar-refractivity contribution in [1.82, 2.24) is 34.4 Å². The van der Waals surface area contributed by atoms with E-state index in [1.165, 1.54) is 22.9 Å². The smallest absolute Gasteiger partial charge is 0.268 e. The summed E-state index contributed by atoms with van der Waals surface area (Å²) in [6.45, 7) is 9.46. The predicted octanol–water partition coefficient (Wildman–Crippen LogP) is 8.62. The van der Waals surface area contributed by atoms with Gasteiger partial charge in [0.2, 0.25) is 11.8 Å². The summed E-state index contributed by atoms with van der Waals surface area (Å²) in [6.07, 6.45) is 7.89.